The highest BCUT2D eigenvalue weighted by Crippen LogP contribution is 2.08. The topological polar surface area (TPSA) is 48.7 Å². The van der Waals surface area contributed by atoms with Crippen molar-refractivity contribution < 1.29 is 4.74 Å². The van der Waals surface area contributed by atoms with Crippen LogP contribution in [0, 0.1) is 5.41 Å². The molecule has 0 fully saturated rings. The molecule has 0 heterocycles. The van der Waals surface area contributed by atoms with Crippen molar-refractivity contribution in [2.45, 2.75) is 39.0 Å². The van der Waals surface area contributed by atoms with E-state index < -0.39 is 8.07 Å². The summed E-state index contributed by atoms with van der Waals surface area (Å²) in [6.07, 6.45) is 3.51. The minimum Gasteiger partial charge on any atom is -0.361 e. The van der Waals surface area contributed by atoms with Gasteiger partial charge in [-0.15, -0.1) is 0 Å². The summed E-state index contributed by atoms with van der Waals surface area (Å²) in [5.41, 5.74) is 0. The Balaban J connectivity index is 4.10. The molecule has 0 aromatic carbocycles. The number of nitrogens with zero attached hydrogens (tertiary/aromatic N) is 2. The Bertz CT molecular complexity index is 271. The average Bonchev–Trinajstić information content (AvgIpc) is 2.25. The minimum atomic E-state index is -1.03. The molecule has 0 amide bonds. The number of amidine groups is 1. The summed E-state index contributed by atoms with van der Waals surface area (Å²) in [4.78, 5) is 5.83. The van der Waals surface area contributed by atoms with Gasteiger partial charge in [-0.25, -0.2) is 4.99 Å². The highest BCUT2D eigenvalue weighted by atomic mass is 28.3. The van der Waals surface area contributed by atoms with Gasteiger partial charge in [-0.2, -0.15) is 0 Å². The zero-order valence-electron chi connectivity index (χ0n) is 11.5. The zero-order chi connectivity index (χ0) is 13.3. The van der Waals surface area contributed by atoms with Crippen molar-refractivity contribution in [2.24, 2.45) is 4.99 Å². The van der Waals surface area contributed by atoms with Gasteiger partial charge in [0.25, 0.3) is 0 Å². The Morgan fingerprint density at radius 2 is 2.12 bits per heavy atom. The predicted molar refractivity (Wildman–Crippen MR) is 77.5 cm³/mol. The maximum absolute atomic E-state index is 6.99. The molecule has 0 aliphatic carbocycles. The van der Waals surface area contributed by atoms with Crippen molar-refractivity contribution in [1.29, 1.82) is 5.41 Å². The highest BCUT2D eigenvalue weighted by Gasteiger charge is 2.12. The second-order valence-electron chi connectivity index (χ2n) is 5.03. The molecule has 5 heteroatoms. The third kappa shape index (κ3) is 7.87. The molecule has 1 N–H and O–H groups in total. The third-order valence-corrected chi connectivity index (χ3v) is 4.01. The van der Waals surface area contributed by atoms with E-state index in [1.165, 1.54) is 0 Å². The van der Waals surface area contributed by atoms with Crippen LogP contribution in [0.25, 0.3) is 0 Å². The average molecular weight is 255 g/mol. The van der Waals surface area contributed by atoms with Gasteiger partial charge >= 0.3 is 0 Å². The van der Waals surface area contributed by atoms with Crippen LogP contribution in [0.3, 0.4) is 0 Å². The molecular formula is C12H25N3OSi. The van der Waals surface area contributed by atoms with Crippen LogP contribution >= 0.6 is 0 Å². The molecule has 0 aliphatic rings. The summed E-state index contributed by atoms with van der Waals surface area (Å²) in [5, 5.41) is 6.99. The quantitative estimate of drug-likeness (QED) is 0.238. The molecule has 4 nitrogen and oxygen atoms in total. The van der Waals surface area contributed by atoms with Gasteiger partial charge in [-0.1, -0.05) is 33.1 Å². The van der Waals surface area contributed by atoms with E-state index in [0.717, 1.165) is 31.2 Å². The standard InChI is InChI=1S/C12H25N3OSi/c1-6-12(14-10-13)15(7-2)11-16-8-9-17(3,4)5/h7,10,13H,2,6,8-9,11H2,1,3-5H3/b13-10?,14-12+. The lowest BCUT2D eigenvalue weighted by Crippen LogP contribution is -2.29. The second-order valence-corrected chi connectivity index (χ2v) is 10.6. The van der Waals surface area contributed by atoms with Crippen LogP contribution in [0.4, 0.5) is 0 Å². The van der Waals surface area contributed by atoms with Gasteiger partial charge in [0.15, 0.2) is 0 Å². The Labute approximate surface area is 106 Å². The lowest BCUT2D eigenvalue weighted by Gasteiger charge is -2.22. The van der Waals surface area contributed by atoms with Gasteiger partial charge in [0.05, 0.1) is 0 Å². The molecule has 0 aromatic heterocycles. The van der Waals surface area contributed by atoms with E-state index in [1.54, 1.807) is 6.20 Å². The van der Waals surface area contributed by atoms with Gasteiger partial charge in [0, 0.05) is 27.3 Å². The van der Waals surface area contributed by atoms with E-state index in [0.29, 0.717) is 6.73 Å². The summed E-state index contributed by atoms with van der Waals surface area (Å²) in [6, 6.07) is 1.15. The number of rotatable bonds is 8. The van der Waals surface area contributed by atoms with Crippen LogP contribution in [0.15, 0.2) is 17.8 Å². The Kier molecular flexibility index (Phi) is 7.74. The third-order valence-electron chi connectivity index (χ3n) is 2.31. The second kappa shape index (κ2) is 8.19. The van der Waals surface area contributed by atoms with Crippen LogP contribution in [-0.4, -0.2) is 38.5 Å². The molecule has 0 atom stereocenters. The van der Waals surface area contributed by atoms with Crippen molar-refractivity contribution in [1.82, 2.24) is 4.90 Å². The van der Waals surface area contributed by atoms with Crippen molar-refractivity contribution in [3.05, 3.63) is 12.8 Å². The lowest BCUT2D eigenvalue weighted by atomic mass is 10.4. The van der Waals surface area contributed by atoms with E-state index in [2.05, 4.69) is 31.2 Å². The maximum atomic E-state index is 6.99. The fraction of sp³-hybridized carbons (Fsp3) is 0.667. The van der Waals surface area contributed by atoms with Crippen LogP contribution in [-0.2, 0) is 4.74 Å². The predicted octanol–water partition coefficient (Wildman–Crippen LogP) is 3.16. The van der Waals surface area contributed by atoms with Gasteiger partial charge in [0.1, 0.15) is 18.9 Å². The molecule has 0 spiro atoms. The minimum absolute atomic E-state index is 0.467. The first-order valence-electron chi connectivity index (χ1n) is 5.97. The van der Waals surface area contributed by atoms with Crippen molar-refractivity contribution in [3.63, 3.8) is 0 Å². The van der Waals surface area contributed by atoms with Crippen LogP contribution in [0.5, 0.6) is 0 Å². The molecule has 0 rings (SSSR count). The first kappa shape index (κ1) is 16.1. The monoisotopic (exact) mass is 255 g/mol. The van der Waals surface area contributed by atoms with Gasteiger partial charge in [-0.05, 0) is 6.04 Å². The summed E-state index contributed by atoms with van der Waals surface area (Å²) in [5.74, 6) is 0.808. The smallest absolute Gasteiger partial charge is 0.123 e. The molecule has 0 aromatic rings. The normalized spacial score (nSPS) is 12.4. The van der Waals surface area contributed by atoms with E-state index in [9.17, 15) is 0 Å². The molecular weight excluding hydrogens is 230 g/mol. The van der Waals surface area contributed by atoms with Crippen molar-refractivity contribution >= 4 is 20.2 Å². The number of hydrogen-bond donors (Lipinski definition) is 1. The molecule has 17 heavy (non-hydrogen) atoms. The Hall–Kier alpha value is -0.943. The molecule has 0 bridgehead atoms. The summed E-state index contributed by atoms with van der Waals surface area (Å²) >= 11 is 0. The van der Waals surface area contributed by atoms with Crippen LogP contribution < -0.4 is 0 Å². The first-order chi connectivity index (χ1) is 7.94. The summed E-state index contributed by atoms with van der Waals surface area (Å²) in [6.45, 7) is 14.0. The number of ether oxygens (including phenoxy) is 1. The van der Waals surface area contributed by atoms with E-state index in [1.807, 2.05) is 11.8 Å². The lowest BCUT2D eigenvalue weighted by molar-refractivity contribution is 0.0928. The van der Waals surface area contributed by atoms with Gasteiger partial charge in [0.2, 0.25) is 0 Å². The molecule has 0 unspecified atom stereocenters. The highest BCUT2D eigenvalue weighted by molar-refractivity contribution is 6.76. The van der Waals surface area contributed by atoms with Crippen molar-refractivity contribution in [2.75, 3.05) is 13.3 Å². The molecule has 98 valence electrons. The van der Waals surface area contributed by atoms with Crippen LogP contribution in [0.1, 0.15) is 13.3 Å². The molecule has 0 radical (unpaired) electrons. The molecule has 0 aliphatic heterocycles. The van der Waals surface area contributed by atoms with E-state index >= 15 is 0 Å². The summed E-state index contributed by atoms with van der Waals surface area (Å²) in [7, 11) is -1.03. The summed E-state index contributed by atoms with van der Waals surface area (Å²) < 4.78 is 5.63. The number of aliphatic imine (C=N–C) groups is 1. The van der Waals surface area contributed by atoms with Gasteiger partial charge < -0.3 is 9.64 Å². The Morgan fingerprint density at radius 3 is 2.53 bits per heavy atom. The Morgan fingerprint density at radius 1 is 1.47 bits per heavy atom. The maximum Gasteiger partial charge on any atom is 0.123 e. The zero-order valence-corrected chi connectivity index (χ0v) is 12.5. The van der Waals surface area contributed by atoms with E-state index in [4.69, 9.17) is 10.1 Å². The number of hydrogen-bond acceptors (Lipinski definition) is 2. The fourth-order valence-electron chi connectivity index (χ4n) is 1.22. The number of nitrogens with one attached hydrogen (secondary N) is 1. The van der Waals surface area contributed by atoms with Gasteiger partial charge in [-0.3, -0.25) is 5.41 Å². The molecule has 0 saturated heterocycles. The van der Waals surface area contributed by atoms with Crippen molar-refractivity contribution in [3.8, 4) is 0 Å². The first-order valence-corrected chi connectivity index (χ1v) is 9.68. The van der Waals surface area contributed by atoms with E-state index in [-0.39, 0.29) is 0 Å². The SMILES string of the molecule is C=CN(COCC[Si](C)(C)C)/C(CC)=N/C=N. The van der Waals surface area contributed by atoms with Crippen LogP contribution in [0.2, 0.25) is 25.7 Å². The largest absolute Gasteiger partial charge is 0.361 e. The fourth-order valence-corrected chi connectivity index (χ4v) is 1.97. The molecule has 0 saturated carbocycles.